The SMILES string of the molecule is Cc1nn(CC(=O)O)c(=O)n(C)c1=O. The van der Waals surface area contributed by atoms with Crippen LogP contribution in [0.4, 0.5) is 0 Å². The van der Waals surface area contributed by atoms with Gasteiger partial charge in [-0.1, -0.05) is 0 Å². The van der Waals surface area contributed by atoms with E-state index in [9.17, 15) is 14.4 Å². The van der Waals surface area contributed by atoms with Gasteiger partial charge in [-0.05, 0) is 6.92 Å². The lowest BCUT2D eigenvalue weighted by atomic mass is 10.5. The first-order valence-corrected chi connectivity index (χ1v) is 3.80. The maximum Gasteiger partial charge on any atom is 0.347 e. The van der Waals surface area contributed by atoms with E-state index in [1.807, 2.05) is 0 Å². The van der Waals surface area contributed by atoms with Crippen molar-refractivity contribution in [2.75, 3.05) is 0 Å². The van der Waals surface area contributed by atoms with Crippen molar-refractivity contribution in [1.82, 2.24) is 14.3 Å². The van der Waals surface area contributed by atoms with Crippen LogP contribution in [0.1, 0.15) is 5.69 Å². The summed E-state index contributed by atoms with van der Waals surface area (Å²) < 4.78 is 1.56. The normalized spacial score (nSPS) is 10.1. The molecule has 0 amide bonds. The van der Waals surface area contributed by atoms with Gasteiger partial charge < -0.3 is 5.11 Å². The zero-order chi connectivity index (χ0) is 10.9. The second kappa shape index (κ2) is 3.44. The predicted octanol–water partition coefficient (Wildman–Crippen LogP) is -1.66. The molecule has 0 radical (unpaired) electrons. The summed E-state index contributed by atoms with van der Waals surface area (Å²) in [5, 5.41) is 12.0. The molecule has 7 nitrogen and oxygen atoms in total. The Morgan fingerprint density at radius 2 is 2.07 bits per heavy atom. The predicted molar refractivity (Wildman–Crippen MR) is 46.1 cm³/mol. The molecule has 0 aliphatic heterocycles. The third kappa shape index (κ3) is 1.70. The van der Waals surface area contributed by atoms with Gasteiger partial charge in [-0.2, -0.15) is 5.10 Å². The summed E-state index contributed by atoms with van der Waals surface area (Å²) in [4.78, 5) is 32.8. The van der Waals surface area contributed by atoms with Crippen LogP contribution in [0.15, 0.2) is 9.59 Å². The van der Waals surface area contributed by atoms with Crippen LogP contribution in [-0.4, -0.2) is 25.4 Å². The molecule has 1 N–H and O–H groups in total. The molecule has 1 aromatic rings. The molecule has 76 valence electrons. The van der Waals surface area contributed by atoms with Gasteiger partial charge in [-0.3, -0.25) is 14.2 Å². The fraction of sp³-hybridized carbons (Fsp3) is 0.429. The number of aryl methyl sites for hydroxylation is 1. The van der Waals surface area contributed by atoms with Gasteiger partial charge in [0, 0.05) is 7.05 Å². The highest BCUT2D eigenvalue weighted by Gasteiger charge is 2.09. The van der Waals surface area contributed by atoms with Gasteiger partial charge in [-0.15, -0.1) is 0 Å². The lowest BCUT2D eigenvalue weighted by Gasteiger charge is -2.03. The van der Waals surface area contributed by atoms with Gasteiger partial charge in [0.25, 0.3) is 5.56 Å². The summed E-state index contributed by atoms with van der Waals surface area (Å²) in [5.41, 5.74) is -1.16. The first-order valence-electron chi connectivity index (χ1n) is 3.80. The molecule has 7 heteroatoms. The van der Waals surface area contributed by atoms with Crippen LogP contribution in [0.2, 0.25) is 0 Å². The molecule has 0 unspecified atom stereocenters. The Labute approximate surface area is 78.2 Å². The standard InChI is InChI=1S/C7H9N3O4/c1-4-6(13)9(2)7(14)10(8-4)3-5(11)12/h3H2,1-2H3,(H,11,12). The summed E-state index contributed by atoms with van der Waals surface area (Å²) in [5.74, 6) is -1.18. The highest BCUT2D eigenvalue weighted by atomic mass is 16.4. The van der Waals surface area contributed by atoms with Crippen LogP contribution in [0.5, 0.6) is 0 Å². The Hall–Kier alpha value is -1.92. The minimum absolute atomic E-state index is 0.0911. The Morgan fingerprint density at radius 3 is 2.57 bits per heavy atom. The smallest absolute Gasteiger partial charge is 0.347 e. The number of carboxylic acid groups (broad SMARTS) is 1. The Bertz CT molecular complexity index is 485. The summed E-state index contributed by atoms with van der Waals surface area (Å²) in [6, 6.07) is 0. The van der Waals surface area contributed by atoms with Crippen molar-refractivity contribution >= 4 is 5.97 Å². The van der Waals surface area contributed by atoms with Crippen molar-refractivity contribution in [2.24, 2.45) is 7.05 Å². The molecule has 0 saturated heterocycles. The van der Waals surface area contributed by atoms with Crippen molar-refractivity contribution in [1.29, 1.82) is 0 Å². The Kier molecular flexibility index (Phi) is 2.50. The zero-order valence-corrected chi connectivity index (χ0v) is 7.72. The molecule has 0 aromatic carbocycles. The highest BCUT2D eigenvalue weighted by molar-refractivity contribution is 5.66. The fourth-order valence-electron chi connectivity index (χ4n) is 1.00. The summed E-state index contributed by atoms with van der Waals surface area (Å²) in [6.07, 6.45) is 0. The van der Waals surface area contributed by atoms with E-state index >= 15 is 0 Å². The molecule has 0 fully saturated rings. The van der Waals surface area contributed by atoms with Crippen LogP contribution < -0.4 is 11.2 Å². The van der Waals surface area contributed by atoms with E-state index in [0.29, 0.717) is 0 Å². The monoisotopic (exact) mass is 199 g/mol. The molecule has 0 aliphatic carbocycles. The molecule has 14 heavy (non-hydrogen) atoms. The van der Waals surface area contributed by atoms with E-state index in [1.165, 1.54) is 14.0 Å². The van der Waals surface area contributed by atoms with Gasteiger partial charge >= 0.3 is 11.7 Å². The van der Waals surface area contributed by atoms with Crippen molar-refractivity contribution < 1.29 is 9.90 Å². The minimum Gasteiger partial charge on any atom is -0.480 e. The number of nitrogens with zero attached hydrogens (tertiary/aromatic N) is 3. The second-order valence-corrected chi connectivity index (χ2v) is 2.78. The number of hydrogen-bond donors (Lipinski definition) is 1. The van der Waals surface area contributed by atoms with Gasteiger partial charge in [0.2, 0.25) is 0 Å². The Morgan fingerprint density at radius 1 is 1.50 bits per heavy atom. The number of carbonyl (C=O) groups is 1. The molecule has 1 heterocycles. The van der Waals surface area contributed by atoms with E-state index in [4.69, 9.17) is 5.11 Å². The molecule has 0 saturated carbocycles. The van der Waals surface area contributed by atoms with Crippen molar-refractivity contribution in [2.45, 2.75) is 13.5 Å². The van der Waals surface area contributed by atoms with Crippen molar-refractivity contribution in [3.8, 4) is 0 Å². The number of carboxylic acids is 1. The van der Waals surface area contributed by atoms with Crippen molar-refractivity contribution in [3.05, 3.63) is 26.5 Å². The molecular formula is C7H9N3O4. The maximum absolute atomic E-state index is 11.3. The van der Waals surface area contributed by atoms with E-state index in [2.05, 4.69) is 5.10 Å². The van der Waals surface area contributed by atoms with Gasteiger partial charge in [0.1, 0.15) is 12.2 Å². The topological polar surface area (TPSA) is 94.2 Å². The first-order chi connectivity index (χ1) is 6.43. The lowest BCUT2D eigenvalue weighted by molar-refractivity contribution is -0.138. The highest BCUT2D eigenvalue weighted by Crippen LogP contribution is 1.78. The summed E-state index contributed by atoms with van der Waals surface area (Å²) in [7, 11) is 1.28. The van der Waals surface area contributed by atoms with Crippen LogP contribution in [-0.2, 0) is 18.4 Å². The largest absolute Gasteiger partial charge is 0.480 e. The Balaban J connectivity index is 3.41. The van der Waals surface area contributed by atoms with Crippen LogP contribution >= 0.6 is 0 Å². The second-order valence-electron chi connectivity index (χ2n) is 2.78. The van der Waals surface area contributed by atoms with Gasteiger partial charge in [-0.25, -0.2) is 9.48 Å². The molecule has 0 spiro atoms. The molecule has 0 bridgehead atoms. The van der Waals surface area contributed by atoms with E-state index in [0.717, 1.165) is 9.25 Å². The number of aliphatic carboxylic acids is 1. The zero-order valence-electron chi connectivity index (χ0n) is 7.72. The van der Waals surface area contributed by atoms with E-state index in [-0.39, 0.29) is 5.69 Å². The first kappa shape index (κ1) is 10.2. The summed E-state index contributed by atoms with van der Waals surface area (Å²) in [6.45, 7) is 0.869. The number of rotatable bonds is 2. The number of aromatic nitrogens is 3. The van der Waals surface area contributed by atoms with Crippen LogP contribution in [0, 0.1) is 6.92 Å². The van der Waals surface area contributed by atoms with E-state index < -0.39 is 23.8 Å². The van der Waals surface area contributed by atoms with Crippen LogP contribution in [0.25, 0.3) is 0 Å². The lowest BCUT2D eigenvalue weighted by Crippen LogP contribution is -2.42. The molecule has 0 aliphatic rings. The molecule has 0 atom stereocenters. The minimum atomic E-state index is -1.18. The van der Waals surface area contributed by atoms with Gasteiger partial charge in [0.15, 0.2) is 0 Å². The summed E-state index contributed by atoms with van der Waals surface area (Å²) >= 11 is 0. The van der Waals surface area contributed by atoms with Crippen LogP contribution in [0.3, 0.4) is 0 Å². The molecule has 1 rings (SSSR count). The van der Waals surface area contributed by atoms with Crippen molar-refractivity contribution in [3.63, 3.8) is 0 Å². The quantitative estimate of drug-likeness (QED) is 0.614. The molecular weight excluding hydrogens is 190 g/mol. The third-order valence-corrected chi connectivity index (χ3v) is 1.68. The number of hydrogen-bond acceptors (Lipinski definition) is 4. The maximum atomic E-state index is 11.3. The average Bonchev–Trinajstić information content (AvgIpc) is 2.10. The average molecular weight is 199 g/mol. The van der Waals surface area contributed by atoms with E-state index in [1.54, 1.807) is 0 Å². The molecule has 1 aromatic heterocycles. The fourth-order valence-corrected chi connectivity index (χ4v) is 1.00. The van der Waals surface area contributed by atoms with Gasteiger partial charge in [0.05, 0.1) is 0 Å². The third-order valence-electron chi connectivity index (χ3n) is 1.68.